The van der Waals surface area contributed by atoms with Gasteiger partial charge in [-0.05, 0) is 33.8 Å². The number of rotatable bonds is 5. The van der Waals surface area contributed by atoms with E-state index >= 15 is 0 Å². The second-order valence-corrected chi connectivity index (χ2v) is 8.23. The van der Waals surface area contributed by atoms with Crippen LogP contribution < -0.4 is 4.74 Å². The van der Waals surface area contributed by atoms with E-state index < -0.39 is 5.60 Å². The van der Waals surface area contributed by atoms with Crippen LogP contribution in [0.3, 0.4) is 0 Å². The molecule has 1 amide bonds. The molecule has 0 saturated carbocycles. The highest BCUT2D eigenvalue weighted by atomic mass is 35.5. The minimum Gasteiger partial charge on any atom is -0.494 e. The molecule has 1 aliphatic heterocycles. The fraction of sp³-hybridized carbons (Fsp3) is 0.476. The molecular weight excluding hydrogens is 394 g/mol. The van der Waals surface area contributed by atoms with Crippen molar-refractivity contribution in [1.29, 1.82) is 0 Å². The molecule has 0 aromatic carbocycles. The number of carbonyl (C=O) groups is 1. The summed E-state index contributed by atoms with van der Waals surface area (Å²) in [5.74, 6) is 0.948. The molecule has 0 N–H and O–H groups in total. The molecule has 0 aliphatic carbocycles. The van der Waals surface area contributed by atoms with E-state index in [1.165, 1.54) is 0 Å². The molecule has 29 heavy (non-hydrogen) atoms. The molecule has 7 nitrogen and oxygen atoms in total. The smallest absolute Gasteiger partial charge is 0.410 e. The van der Waals surface area contributed by atoms with Crippen LogP contribution in [0.4, 0.5) is 4.79 Å². The predicted octanol–water partition coefficient (Wildman–Crippen LogP) is 4.68. The molecule has 0 spiro atoms. The van der Waals surface area contributed by atoms with Crippen LogP contribution in [0.1, 0.15) is 39.7 Å². The monoisotopic (exact) mass is 419 g/mol. The average molecular weight is 420 g/mol. The van der Waals surface area contributed by atoms with Crippen molar-refractivity contribution in [2.24, 2.45) is 0 Å². The van der Waals surface area contributed by atoms with E-state index in [2.05, 4.69) is 16.5 Å². The molecule has 8 heteroatoms. The third-order valence-corrected chi connectivity index (χ3v) is 4.60. The van der Waals surface area contributed by atoms with E-state index in [1.807, 2.05) is 27.7 Å². The zero-order valence-corrected chi connectivity index (χ0v) is 18.0. The van der Waals surface area contributed by atoms with Gasteiger partial charge < -0.3 is 19.1 Å². The molecule has 1 aliphatic rings. The Labute approximate surface area is 175 Å². The van der Waals surface area contributed by atoms with Gasteiger partial charge in [0.05, 0.1) is 18.5 Å². The second kappa shape index (κ2) is 8.45. The van der Waals surface area contributed by atoms with Gasteiger partial charge in [-0.3, -0.25) is 0 Å². The second-order valence-electron chi connectivity index (χ2n) is 7.84. The molecular formula is C21H26ClN3O4. The van der Waals surface area contributed by atoms with Gasteiger partial charge in [0.1, 0.15) is 22.6 Å². The molecule has 156 valence electrons. The van der Waals surface area contributed by atoms with Crippen molar-refractivity contribution < 1.29 is 19.0 Å². The summed E-state index contributed by atoms with van der Waals surface area (Å²) in [5.41, 5.74) is 0.206. The average Bonchev–Trinajstić information content (AvgIpc) is 3.09. The van der Waals surface area contributed by atoms with E-state index in [-0.39, 0.29) is 12.2 Å². The molecule has 1 atom stereocenters. The first kappa shape index (κ1) is 21.2. The molecule has 0 bridgehead atoms. The number of halogens is 1. The number of pyridine rings is 2. The molecule has 2 aromatic heterocycles. The van der Waals surface area contributed by atoms with Crippen LogP contribution in [-0.4, -0.2) is 52.4 Å². The lowest BCUT2D eigenvalue weighted by Crippen LogP contribution is -2.36. The number of hydrogen-bond acceptors (Lipinski definition) is 6. The van der Waals surface area contributed by atoms with Crippen molar-refractivity contribution in [1.82, 2.24) is 14.9 Å². The zero-order chi connectivity index (χ0) is 21.2. The normalized spacial score (nSPS) is 16.7. The van der Waals surface area contributed by atoms with Crippen LogP contribution in [0.25, 0.3) is 16.5 Å². The predicted molar refractivity (Wildman–Crippen MR) is 112 cm³/mol. The first-order chi connectivity index (χ1) is 13.7. The SMILES string of the molecule is C=C(OCC)c1cnc(O[C@@H]2CCN(C(=O)OC(C)(C)C)C2)c2cnc(Cl)cc12. The number of hydrogen-bond donors (Lipinski definition) is 0. The van der Waals surface area contributed by atoms with Crippen molar-refractivity contribution >= 4 is 34.2 Å². The van der Waals surface area contributed by atoms with Gasteiger partial charge in [0.2, 0.25) is 5.88 Å². The molecule has 0 radical (unpaired) electrons. The Morgan fingerprint density at radius 1 is 1.31 bits per heavy atom. The van der Waals surface area contributed by atoms with E-state index in [9.17, 15) is 4.79 Å². The summed E-state index contributed by atoms with van der Waals surface area (Å²) < 4.78 is 17.1. The lowest BCUT2D eigenvalue weighted by molar-refractivity contribution is 0.0275. The number of aromatic nitrogens is 2. The van der Waals surface area contributed by atoms with Crippen LogP contribution in [-0.2, 0) is 9.47 Å². The minimum atomic E-state index is -0.530. The first-order valence-corrected chi connectivity index (χ1v) is 9.96. The summed E-state index contributed by atoms with van der Waals surface area (Å²) in [6.07, 6.45) is 3.46. The number of likely N-dealkylation sites (tertiary alicyclic amines) is 1. The van der Waals surface area contributed by atoms with Crippen molar-refractivity contribution in [3.63, 3.8) is 0 Å². The maximum absolute atomic E-state index is 12.3. The minimum absolute atomic E-state index is 0.185. The third-order valence-electron chi connectivity index (χ3n) is 4.40. The highest BCUT2D eigenvalue weighted by molar-refractivity contribution is 6.30. The van der Waals surface area contributed by atoms with Gasteiger partial charge in [-0.2, -0.15) is 0 Å². The summed E-state index contributed by atoms with van der Waals surface area (Å²) in [4.78, 5) is 22.5. The maximum atomic E-state index is 12.3. The Morgan fingerprint density at radius 3 is 2.76 bits per heavy atom. The third kappa shape index (κ3) is 5.09. The first-order valence-electron chi connectivity index (χ1n) is 9.59. The fourth-order valence-corrected chi connectivity index (χ4v) is 3.29. The summed E-state index contributed by atoms with van der Waals surface area (Å²) in [7, 11) is 0. The van der Waals surface area contributed by atoms with Gasteiger partial charge in [0, 0.05) is 36.3 Å². The Balaban J connectivity index is 1.80. The van der Waals surface area contributed by atoms with Gasteiger partial charge in [0.15, 0.2) is 0 Å². The highest BCUT2D eigenvalue weighted by Crippen LogP contribution is 2.32. The molecule has 3 heterocycles. The molecule has 2 aromatic rings. The quantitative estimate of drug-likeness (QED) is 0.517. The van der Waals surface area contributed by atoms with Gasteiger partial charge in [-0.25, -0.2) is 14.8 Å². The molecule has 1 saturated heterocycles. The van der Waals surface area contributed by atoms with Crippen LogP contribution in [0.5, 0.6) is 5.88 Å². The highest BCUT2D eigenvalue weighted by Gasteiger charge is 2.31. The summed E-state index contributed by atoms with van der Waals surface area (Å²) >= 11 is 6.10. The molecule has 0 unspecified atom stereocenters. The van der Waals surface area contributed by atoms with Crippen LogP contribution in [0.2, 0.25) is 5.15 Å². The summed E-state index contributed by atoms with van der Waals surface area (Å²) in [6, 6.07) is 1.74. The van der Waals surface area contributed by atoms with Crippen molar-refractivity contribution in [3.05, 3.63) is 35.8 Å². The Bertz CT molecular complexity index is 926. The molecule has 3 rings (SSSR count). The van der Waals surface area contributed by atoms with E-state index in [4.69, 9.17) is 25.8 Å². The number of ether oxygens (including phenoxy) is 3. The van der Waals surface area contributed by atoms with Crippen LogP contribution in [0, 0.1) is 0 Å². The van der Waals surface area contributed by atoms with E-state index in [0.29, 0.717) is 48.3 Å². The van der Waals surface area contributed by atoms with Crippen LogP contribution in [0.15, 0.2) is 25.0 Å². The fourth-order valence-electron chi connectivity index (χ4n) is 3.13. The maximum Gasteiger partial charge on any atom is 0.410 e. The number of fused-ring (bicyclic) bond motifs is 1. The van der Waals surface area contributed by atoms with Crippen LogP contribution >= 0.6 is 11.6 Å². The largest absolute Gasteiger partial charge is 0.494 e. The number of carbonyl (C=O) groups excluding carboxylic acids is 1. The van der Waals surface area contributed by atoms with Gasteiger partial charge in [-0.15, -0.1) is 0 Å². The van der Waals surface area contributed by atoms with Gasteiger partial charge >= 0.3 is 6.09 Å². The summed E-state index contributed by atoms with van der Waals surface area (Å²) in [6.45, 7) is 12.9. The number of amides is 1. The lowest BCUT2D eigenvalue weighted by Gasteiger charge is -2.24. The van der Waals surface area contributed by atoms with Crippen molar-refractivity contribution in [2.45, 2.75) is 45.8 Å². The van der Waals surface area contributed by atoms with Crippen molar-refractivity contribution in [3.8, 4) is 5.88 Å². The summed E-state index contributed by atoms with van der Waals surface area (Å²) in [5, 5.41) is 1.87. The van der Waals surface area contributed by atoms with E-state index in [0.717, 1.165) is 10.9 Å². The van der Waals surface area contributed by atoms with Crippen molar-refractivity contribution in [2.75, 3.05) is 19.7 Å². The van der Waals surface area contributed by atoms with E-state index in [1.54, 1.807) is 23.4 Å². The Kier molecular flexibility index (Phi) is 6.17. The number of nitrogens with zero attached hydrogens (tertiary/aromatic N) is 3. The molecule has 1 fully saturated rings. The standard InChI is InChI=1S/C21H26ClN3O4/c1-6-27-13(2)16-10-24-19(17-11-23-18(22)9-15(16)17)28-14-7-8-25(12-14)20(26)29-21(3,4)5/h9-11,14H,2,6-8,12H2,1,3-5H3/t14-/m1/s1. The Hall–Kier alpha value is -2.54. The zero-order valence-electron chi connectivity index (χ0n) is 17.2. The lowest BCUT2D eigenvalue weighted by atomic mass is 10.1. The van der Waals surface area contributed by atoms with Gasteiger partial charge in [-0.1, -0.05) is 18.2 Å². The Morgan fingerprint density at radius 2 is 2.07 bits per heavy atom. The topological polar surface area (TPSA) is 73.8 Å². The van der Waals surface area contributed by atoms with Gasteiger partial charge in [0.25, 0.3) is 0 Å².